The number of benzene rings is 1. The van der Waals surface area contributed by atoms with Gasteiger partial charge in [-0.05, 0) is 56.0 Å². The Morgan fingerprint density at radius 3 is 2.42 bits per heavy atom. The number of nitrogens with one attached hydrogen (secondary N) is 1. The van der Waals surface area contributed by atoms with Gasteiger partial charge in [0.1, 0.15) is 0 Å². The molecule has 2 nitrogen and oxygen atoms in total. The molecule has 1 N–H and O–H groups in total. The van der Waals surface area contributed by atoms with Crippen molar-refractivity contribution in [1.29, 1.82) is 0 Å². The fourth-order valence-electron chi connectivity index (χ4n) is 2.12. The third kappa shape index (κ3) is 4.87. The molecule has 0 aliphatic rings. The van der Waals surface area contributed by atoms with Gasteiger partial charge in [-0.1, -0.05) is 26.8 Å². The van der Waals surface area contributed by atoms with Gasteiger partial charge in [0.15, 0.2) is 0 Å². The highest BCUT2D eigenvalue weighted by Crippen LogP contribution is 2.20. The van der Waals surface area contributed by atoms with E-state index in [-0.39, 0.29) is 0 Å². The van der Waals surface area contributed by atoms with Crippen molar-refractivity contribution in [1.82, 2.24) is 5.32 Å². The molecule has 0 saturated heterocycles. The van der Waals surface area contributed by atoms with E-state index in [0.717, 1.165) is 13.1 Å². The lowest BCUT2D eigenvalue weighted by molar-refractivity contribution is 0.551. The first-order chi connectivity index (χ1) is 8.95. The molecule has 1 unspecified atom stereocenters. The Morgan fingerprint density at radius 2 is 1.89 bits per heavy atom. The Balaban J connectivity index is 2.69. The molecule has 1 aromatic rings. The first-order valence-corrected chi connectivity index (χ1v) is 7.48. The van der Waals surface area contributed by atoms with Gasteiger partial charge >= 0.3 is 0 Å². The molecular weight excluding hydrogens is 232 g/mol. The van der Waals surface area contributed by atoms with Crippen molar-refractivity contribution in [2.75, 3.05) is 18.5 Å². The average molecular weight is 262 g/mol. The van der Waals surface area contributed by atoms with Crippen LogP contribution in [0.15, 0.2) is 18.2 Å². The second-order valence-corrected chi connectivity index (χ2v) is 6.00. The van der Waals surface area contributed by atoms with Crippen LogP contribution in [0.2, 0.25) is 0 Å². The van der Waals surface area contributed by atoms with Gasteiger partial charge < -0.3 is 10.2 Å². The molecule has 0 radical (unpaired) electrons. The summed E-state index contributed by atoms with van der Waals surface area (Å²) >= 11 is 0. The molecule has 0 aliphatic carbocycles. The lowest BCUT2D eigenvalue weighted by atomic mass is 10.1. The average Bonchev–Trinajstić information content (AvgIpc) is 2.38. The first kappa shape index (κ1) is 16.0. The number of hydrogen-bond acceptors (Lipinski definition) is 2. The Bertz CT molecular complexity index is 385. The summed E-state index contributed by atoms with van der Waals surface area (Å²) in [5.74, 6) is 0.705. The van der Waals surface area contributed by atoms with Crippen LogP contribution in [0.3, 0.4) is 0 Å². The molecule has 0 aliphatic heterocycles. The molecule has 0 bridgehead atoms. The standard InChI is InChI=1S/C17H30N2/c1-7-15(5)19(6)17-9-8-16(14(4)10-17)12-18-11-13(2)3/h8-10,13,15,18H,7,11-12H2,1-6H3. The highest BCUT2D eigenvalue weighted by Gasteiger charge is 2.09. The third-order valence-electron chi connectivity index (χ3n) is 3.85. The van der Waals surface area contributed by atoms with E-state index in [1.165, 1.54) is 23.2 Å². The van der Waals surface area contributed by atoms with Crippen molar-refractivity contribution < 1.29 is 0 Å². The van der Waals surface area contributed by atoms with E-state index in [0.29, 0.717) is 12.0 Å². The third-order valence-corrected chi connectivity index (χ3v) is 3.85. The summed E-state index contributed by atoms with van der Waals surface area (Å²) in [7, 11) is 2.18. The molecule has 1 aromatic carbocycles. The van der Waals surface area contributed by atoms with E-state index in [1.54, 1.807) is 0 Å². The molecule has 0 fully saturated rings. The lowest BCUT2D eigenvalue weighted by Crippen LogP contribution is -2.28. The van der Waals surface area contributed by atoms with E-state index in [2.05, 4.69) is 70.1 Å². The Hall–Kier alpha value is -1.02. The smallest absolute Gasteiger partial charge is 0.0368 e. The van der Waals surface area contributed by atoms with E-state index in [9.17, 15) is 0 Å². The number of rotatable bonds is 7. The van der Waals surface area contributed by atoms with Crippen LogP contribution in [0.1, 0.15) is 45.2 Å². The highest BCUT2D eigenvalue weighted by molar-refractivity contribution is 5.50. The topological polar surface area (TPSA) is 15.3 Å². The number of nitrogens with zero attached hydrogens (tertiary/aromatic N) is 1. The second-order valence-electron chi connectivity index (χ2n) is 6.00. The van der Waals surface area contributed by atoms with E-state index < -0.39 is 0 Å². The summed E-state index contributed by atoms with van der Waals surface area (Å²) in [6, 6.07) is 7.39. The maximum Gasteiger partial charge on any atom is 0.0368 e. The van der Waals surface area contributed by atoms with Crippen molar-refractivity contribution in [3.8, 4) is 0 Å². The van der Waals surface area contributed by atoms with Crippen molar-refractivity contribution in [2.45, 2.75) is 53.6 Å². The zero-order chi connectivity index (χ0) is 14.4. The van der Waals surface area contributed by atoms with Crippen LogP contribution in [-0.4, -0.2) is 19.6 Å². The number of hydrogen-bond donors (Lipinski definition) is 1. The van der Waals surface area contributed by atoms with Gasteiger partial charge in [-0.15, -0.1) is 0 Å². The van der Waals surface area contributed by atoms with Crippen molar-refractivity contribution >= 4 is 5.69 Å². The fourth-order valence-corrected chi connectivity index (χ4v) is 2.12. The predicted octanol–water partition coefficient (Wildman–Crippen LogP) is 3.98. The zero-order valence-electron chi connectivity index (χ0n) is 13.5. The van der Waals surface area contributed by atoms with Crippen LogP contribution in [0.5, 0.6) is 0 Å². The lowest BCUT2D eigenvalue weighted by Gasteiger charge is -2.27. The molecule has 0 heterocycles. The summed E-state index contributed by atoms with van der Waals surface area (Å²) in [6.07, 6.45) is 1.17. The second kappa shape index (κ2) is 7.54. The first-order valence-electron chi connectivity index (χ1n) is 7.48. The molecule has 1 atom stereocenters. The molecule has 1 rings (SSSR count). The van der Waals surface area contributed by atoms with E-state index in [4.69, 9.17) is 0 Å². The minimum Gasteiger partial charge on any atom is -0.372 e. The fraction of sp³-hybridized carbons (Fsp3) is 0.647. The van der Waals surface area contributed by atoms with Gasteiger partial charge in [0.25, 0.3) is 0 Å². The molecule has 0 amide bonds. The van der Waals surface area contributed by atoms with Gasteiger partial charge in [0.05, 0.1) is 0 Å². The van der Waals surface area contributed by atoms with Gasteiger partial charge in [0.2, 0.25) is 0 Å². The van der Waals surface area contributed by atoms with E-state index in [1.807, 2.05) is 0 Å². The Morgan fingerprint density at radius 1 is 1.21 bits per heavy atom. The molecule has 0 spiro atoms. The summed E-state index contributed by atoms with van der Waals surface area (Å²) < 4.78 is 0. The summed E-state index contributed by atoms with van der Waals surface area (Å²) in [4.78, 5) is 2.36. The molecule has 2 heteroatoms. The van der Waals surface area contributed by atoms with Crippen LogP contribution >= 0.6 is 0 Å². The van der Waals surface area contributed by atoms with Gasteiger partial charge in [-0.3, -0.25) is 0 Å². The highest BCUT2D eigenvalue weighted by atomic mass is 15.1. The Labute approximate surface area is 119 Å². The minimum atomic E-state index is 0.587. The zero-order valence-corrected chi connectivity index (χ0v) is 13.5. The van der Waals surface area contributed by atoms with Crippen molar-refractivity contribution in [3.05, 3.63) is 29.3 Å². The number of aryl methyl sites for hydroxylation is 1. The van der Waals surface area contributed by atoms with Crippen LogP contribution in [0.25, 0.3) is 0 Å². The van der Waals surface area contributed by atoms with Gasteiger partial charge in [0, 0.05) is 25.3 Å². The summed E-state index contributed by atoms with van der Waals surface area (Å²) in [5.41, 5.74) is 4.10. The normalized spacial score (nSPS) is 12.8. The monoisotopic (exact) mass is 262 g/mol. The molecule has 19 heavy (non-hydrogen) atoms. The van der Waals surface area contributed by atoms with Crippen molar-refractivity contribution in [3.63, 3.8) is 0 Å². The summed E-state index contributed by atoms with van der Waals surface area (Å²) in [6.45, 7) is 13.2. The van der Waals surface area contributed by atoms with Crippen LogP contribution in [-0.2, 0) is 6.54 Å². The molecule has 108 valence electrons. The Kier molecular flexibility index (Phi) is 6.36. The number of anilines is 1. The quantitative estimate of drug-likeness (QED) is 0.799. The van der Waals surface area contributed by atoms with Crippen LogP contribution in [0, 0.1) is 12.8 Å². The van der Waals surface area contributed by atoms with E-state index >= 15 is 0 Å². The largest absolute Gasteiger partial charge is 0.372 e. The SMILES string of the molecule is CCC(C)N(C)c1ccc(CNCC(C)C)c(C)c1. The van der Waals surface area contributed by atoms with Crippen LogP contribution in [0.4, 0.5) is 5.69 Å². The minimum absolute atomic E-state index is 0.587. The van der Waals surface area contributed by atoms with Crippen LogP contribution < -0.4 is 10.2 Å². The maximum absolute atomic E-state index is 3.51. The van der Waals surface area contributed by atoms with Gasteiger partial charge in [-0.2, -0.15) is 0 Å². The molecule has 0 aromatic heterocycles. The summed E-state index contributed by atoms with van der Waals surface area (Å²) in [5, 5.41) is 3.51. The van der Waals surface area contributed by atoms with Crippen molar-refractivity contribution in [2.24, 2.45) is 5.92 Å². The molecule has 0 saturated carbocycles. The molecular formula is C17H30N2. The van der Waals surface area contributed by atoms with Gasteiger partial charge in [-0.25, -0.2) is 0 Å². The predicted molar refractivity (Wildman–Crippen MR) is 85.9 cm³/mol. The maximum atomic E-state index is 3.51.